The van der Waals surface area contributed by atoms with Gasteiger partial charge in [0.2, 0.25) is 0 Å². The van der Waals surface area contributed by atoms with Gasteiger partial charge in [-0.3, -0.25) is 4.55 Å². The number of hydrogen-bond donors (Lipinski definition) is 1. The lowest BCUT2D eigenvalue weighted by molar-refractivity contribution is -0.498. The summed E-state index contributed by atoms with van der Waals surface area (Å²) in [7, 11) is -8.29. The van der Waals surface area contributed by atoms with Crippen LogP contribution in [0.2, 0.25) is 0 Å². The lowest BCUT2D eigenvalue weighted by Gasteiger charge is -2.55. The van der Waals surface area contributed by atoms with Crippen LogP contribution in [-0.4, -0.2) is 65.4 Å². The fourth-order valence-electron chi connectivity index (χ4n) is 2.34. The molecule has 0 aromatic heterocycles. The summed E-state index contributed by atoms with van der Waals surface area (Å²) in [5.74, 6) is -51.9. The Morgan fingerprint density at radius 1 is 0.567 bits per heavy atom. The second-order valence-electron chi connectivity index (χ2n) is 5.67. The Morgan fingerprint density at radius 2 is 0.833 bits per heavy atom. The van der Waals surface area contributed by atoms with Gasteiger partial charge in [0.25, 0.3) is 0 Å². The van der Waals surface area contributed by atoms with Gasteiger partial charge in [0.05, 0.1) is 0 Å². The van der Waals surface area contributed by atoms with E-state index < -0.39 is 62.5 Å². The summed E-state index contributed by atoms with van der Waals surface area (Å²) in [6.07, 6.45) is -8.03. The first kappa shape index (κ1) is 26.8. The molecule has 1 aliphatic carbocycles. The van der Waals surface area contributed by atoms with Gasteiger partial charge in [-0.15, -0.1) is 0 Å². The Bertz CT molecular complexity index is 796. The molecule has 180 valence electrons. The van der Waals surface area contributed by atoms with Crippen molar-refractivity contribution in [1.29, 1.82) is 0 Å². The Kier molecular flexibility index (Phi) is 5.12. The molecule has 0 bridgehead atoms. The molecule has 0 saturated heterocycles. The predicted molar refractivity (Wildman–Crippen MR) is 55.0 cm³/mol. The second kappa shape index (κ2) is 5.74. The molecule has 0 heterocycles. The van der Waals surface area contributed by atoms with Gasteiger partial charge in [0.15, 0.2) is 0 Å². The van der Waals surface area contributed by atoms with Crippen molar-refractivity contribution >= 4 is 10.1 Å². The zero-order valence-corrected chi connectivity index (χ0v) is 13.4. The summed E-state index contributed by atoms with van der Waals surface area (Å²) in [5.41, 5.74) is -8.99. The Hall–Kier alpha value is -1.28. The van der Waals surface area contributed by atoms with Crippen LogP contribution in [0.1, 0.15) is 0 Å². The molecule has 0 unspecified atom stereocenters. The van der Waals surface area contributed by atoms with E-state index in [0.717, 1.165) is 0 Å². The van der Waals surface area contributed by atoms with Crippen molar-refractivity contribution in [3.05, 3.63) is 0 Å². The summed E-state index contributed by atoms with van der Waals surface area (Å²) in [6.45, 7) is 0. The van der Waals surface area contributed by atoms with Gasteiger partial charge in [-0.2, -0.15) is 74.3 Å². The molecule has 0 spiro atoms. The van der Waals surface area contributed by atoms with Crippen LogP contribution in [-0.2, 0) is 10.1 Å². The molecule has 1 aliphatic rings. The van der Waals surface area contributed by atoms with Crippen molar-refractivity contribution in [2.45, 2.75) is 52.4 Å². The third-order valence-electron chi connectivity index (χ3n) is 4.00. The van der Waals surface area contributed by atoms with Crippen LogP contribution in [0.5, 0.6) is 0 Å². The largest absolute Gasteiger partial charge is 0.460 e. The zero-order valence-electron chi connectivity index (χ0n) is 12.6. The topological polar surface area (TPSA) is 54.4 Å². The first-order valence-corrected chi connectivity index (χ1v) is 7.62. The molecular formula is C9HF17O3S. The standard InChI is InChI=1S/C9HF17O3S/c10-1(4(15,16)7(21,22)9(24,25)26)2(11,12)5(17,18)8(23,30(27,28)29)6(19,20)3(1,13)14/h(H,27,28,29). The van der Waals surface area contributed by atoms with E-state index in [9.17, 15) is 83.1 Å². The molecule has 30 heavy (non-hydrogen) atoms. The van der Waals surface area contributed by atoms with Crippen LogP contribution in [0.3, 0.4) is 0 Å². The molecule has 0 amide bonds. The molecule has 1 saturated carbocycles. The first-order chi connectivity index (χ1) is 12.5. The van der Waals surface area contributed by atoms with E-state index in [4.69, 9.17) is 4.55 Å². The van der Waals surface area contributed by atoms with Crippen LogP contribution in [0.15, 0.2) is 0 Å². The summed E-state index contributed by atoms with van der Waals surface area (Å²) in [6, 6.07) is 0. The molecule has 0 aliphatic heterocycles. The van der Waals surface area contributed by atoms with Gasteiger partial charge in [-0.25, -0.2) is 8.78 Å². The molecule has 0 aromatic carbocycles. The summed E-state index contributed by atoms with van der Waals surface area (Å²) in [4.78, 5) is 0. The molecule has 21 heteroatoms. The van der Waals surface area contributed by atoms with Crippen LogP contribution in [0, 0.1) is 0 Å². The first-order valence-electron chi connectivity index (χ1n) is 6.18. The quantitative estimate of drug-likeness (QED) is 0.444. The molecule has 0 aromatic rings. The zero-order chi connectivity index (χ0) is 25.0. The molecule has 1 rings (SSSR count). The smallest absolute Gasteiger partial charge is 0.283 e. The SMILES string of the molecule is O=S(=O)(O)C1(F)C(F)(F)C(F)(F)C(F)(C(F)(F)C(F)(F)C(F)(F)F)C(F)(F)C1(F)F. The molecular weight excluding hydrogens is 511 g/mol. The normalized spacial score (nSPS) is 33.9. The second-order valence-corrected chi connectivity index (χ2v) is 7.19. The van der Waals surface area contributed by atoms with Gasteiger partial charge in [0, 0.05) is 0 Å². The van der Waals surface area contributed by atoms with Crippen LogP contribution in [0.25, 0.3) is 0 Å². The van der Waals surface area contributed by atoms with E-state index in [1.807, 2.05) is 0 Å². The lowest BCUT2D eigenvalue weighted by Crippen LogP contribution is -2.91. The average Bonchev–Trinajstić information content (AvgIpc) is 2.48. The third kappa shape index (κ3) is 2.25. The summed E-state index contributed by atoms with van der Waals surface area (Å²) >= 11 is 0. The molecule has 0 radical (unpaired) electrons. The van der Waals surface area contributed by atoms with E-state index >= 15 is 0 Å². The Morgan fingerprint density at radius 3 is 1.03 bits per heavy atom. The van der Waals surface area contributed by atoms with Gasteiger partial charge < -0.3 is 0 Å². The minimum absolute atomic E-state index is 8.03. The minimum atomic E-state index is -8.99. The van der Waals surface area contributed by atoms with E-state index in [0.29, 0.717) is 0 Å². The van der Waals surface area contributed by atoms with E-state index in [1.165, 1.54) is 0 Å². The van der Waals surface area contributed by atoms with Crippen molar-refractivity contribution in [3.63, 3.8) is 0 Å². The monoisotopic (exact) mass is 512 g/mol. The van der Waals surface area contributed by atoms with Crippen LogP contribution < -0.4 is 0 Å². The Labute approximate surface area is 151 Å². The molecule has 3 nitrogen and oxygen atoms in total. The Balaban J connectivity index is 4.30. The molecule has 1 fully saturated rings. The van der Waals surface area contributed by atoms with Crippen molar-refractivity contribution in [2.24, 2.45) is 0 Å². The van der Waals surface area contributed by atoms with Crippen LogP contribution >= 0.6 is 0 Å². The number of alkyl halides is 17. The minimum Gasteiger partial charge on any atom is -0.283 e. The van der Waals surface area contributed by atoms with E-state index in [-0.39, 0.29) is 0 Å². The van der Waals surface area contributed by atoms with E-state index in [1.54, 1.807) is 0 Å². The number of hydrogen-bond acceptors (Lipinski definition) is 2. The van der Waals surface area contributed by atoms with Gasteiger partial charge in [-0.05, 0) is 0 Å². The maximum absolute atomic E-state index is 14.0. The fourth-order valence-corrected chi connectivity index (χ4v) is 3.25. The highest BCUT2D eigenvalue weighted by Crippen LogP contribution is 2.74. The highest BCUT2D eigenvalue weighted by atomic mass is 32.2. The molecule has 1 N–H and O–H groups in total. The van der Waals surface area contributed by atoms with Gasteiger partial charge >= 0.3 is 62.5 Å². The van der Waals surface area contributed by atoms with Crippen LogP contribution in [0.4, 0.5) is 74.6 Å². The van der Waals surface area contributed by atoms with Gasteiger partial charge in [0.1, 0.15) is 0 Å². The highest BCUT2D eigenvalue weighted by molar-refractivity contribution is 7.87. The summed E-state index contributed by atoms with van der Waals surface area (Å²) < 4.78 is 253. The maximum Gasteiger partial charge on any atom is 0.460 e. The van der Waals surface area contributed by atoms with Crippen molar-refractivity contribution in [1.82, 2.24) is 0 Å². The number of rotatable bonds is 3. The summed E-state index contributed by atoms with van der Waals surface area (Å²) in [5, 5.41) is -8.08. The highest BCUT2D eigenvalue weighted by Gasteiger charge is 3.09. The van der Waals surface area contributed by atoms with Gasteiger partial charge in [-0.1, -0.05) is 0 Å². The lowest BCUT2D eigenvalue weighted by atomic mass is 9.68. The molecule has 0 atom stereocenters. The third-order valence-corrected chi connectivity index (χ3v) is 5.22. The maximum atomic E-state index is 14.0. The van der Waals surface area contributed by atoms with Crippen molar-refractivity contribution in [3.8, 4) is 0 Å². The predicted octanol–water partition coefficient (Wildman–Crippen LogP) is 4.64. The van der Waals surface area contributed by atoms with Crippen molar-refractivity contribution < 1.29 is 87.6 Å². The average molecular weight is 512 g/mol. The van der Waals surface area contributed by atoms with E-state index in [2.05, 4.69) is 0 Å². The fraction of sp³-hybridized carbons (Fsp3) is 1.00. The number of halogens is 17. The van der Waals surface area contributed by atoms with Crippen molar-refractivity contribution in [2.75, 3.05) is 0 Å².